The van der Waals surface area contributed by atoms with Gasteiger partial charge in [0.1, 0.15) is 22.4 Å². The van der Waals surface area contributed by atoms with Gasteiger partial charge in [-0.1, -0.05) is 12.8 Å². The lowest BCUT2D eigenvalue weighted by Crippen LogP contribution is -2.49. The van der Waals surface area contributed by atoms with Crippen LogP contribution < -0.4 is 52.6 Å². The molecule has 22 nitrogen and oxygen atoms in total. The quantitative estimate of drug-likeness (QED) is 0.0521. The topological polar surface area (TPSA) is 318 Å². The smallest absolute Gasteiger partial charge is 0.341 e. The number of fused-ring (bicyclic) bond motifs is 2. The van der Waals surface area contributed by atoms with Gasteiger partial charge >= 0.3 is 11.9 Å². The van der Waals surface area contributed by atoms with Crippen molar-refractivity contribution in [1.29, 1.82) is 21.6 Å². The van der Waals surface area contributed by atoms with E-state index in [1.165, 1.54) is 12.4 Å². The van der Waals surface area contributed by atoms with Gasteiger partial charge in [0, 0.05) is 74.8 Å². The second-order valence-electron chi connectivity index (χ2n) is 18.9. The highest BCUT2D eigenvalue weighted by molar-refractivity contribution is 5.97. The van der Waals surface area contributed by atoms with Crippen LogP contribution in [0.4, 0.5) is 20.4 Å². The maximum absolute atomic E-state index is 15.4. The van der Waals surface area contributed by atoms with E-state index in [4.69, 9.17) is 21.6 Å². The van der Waals surface area contributed by atoms with Crippen LogP contribution in [0.3, 0.4) is 0 Å². The number of carboxylic acids is 2. The van der Waals surface area contributed by atoms with E-state index < -0.39 is 56.6 Å². The number of hydrogen-bond donors (Lipinski definition) is 12. The molecule has 0 aliphatic carbocycles. The number of nitrogens with zero attached hydrogens (tertiary/aromatic N) is 6. The molecule has 68 heavy (non-hydrogen) atoms. The van der Waals surface area contributed by atoms with Crippen molar-refractivity contribution in [1.82, 2.24) is 51.0 Å². The number of aromatic nitrogens is 4. The van der Waals surface area contributed by atoms with E-state index in [2.05, 4.69) is 41.9 Å². The zero-order valence-corrected chi connectivity index (χ0v) is 38.9. The normalized spacial score (nSPS) is 16.2. The lowest BCUT2D eigenvalue weighted by Gasteiger charge is -2.27. The number of rotatable bonds is 13. The van der Waals surface area contributed by atoms with Crippen molar-refractivity contribution in [2.75, 3.05) is 49.1 Å². The molecular weight excluding hydrogens is 887 g/mol. The summed E-state index contributed by atoms with van der Waals surface area (Å²) in [5, 5.41) is 69.2. The second-order valence-corrected chi connectivity index (χ2v) is 18.9. The van der Waals surface area contributed by atoms with Crippen molar-refractivity contribution >= 4 is 69.5 Å². The van der Waals surface area contributed by atoms with Crippen molar-refractivity contribution in [2.45, 2.75) is 103 Å². The lowest BCUT2D eigenvalue weighted by atomic mass is 10.1. The third kappa shape index (κ3) is 11.6. The Kier molecular flexibility index (Phi) is 14.9. The van der Waals surface area contributed by atoms with Crippen LogP contribution in [0.1, 0.15) is 101 Å². The number of nitrogens with one attached hydrogen (secondary N) is 10. The fraction of sp³-hybridized carbons (Fsp3) is 0.500. The minimum Gasteiger partial charge on any atom is -0.477 e. The summed E-state index contributed by atoms with van der Waals surface area (Å²) >= 11 is 0. The van der Waals surface area contributed by atoms with Gasteiger partial charge < -0.3 is 50.4 Å². The molecule has 0 aromatic carbocycles. The number of carbonyl (C=O) groups is 2. The van der Waals surface area contributed by atoms with Gasteiger partial charge in [-0.3, -0.25) is 41.9 Å². The minimum atomic E-state index is -1.41. The summed E-state index contributed by atoms with van der Waals surface area (Å²) in [4.78, 5) is 61.7. The van der Waals surface area contributed by atoms with Gasteiger partial charge in [-0.25, -0.2) is 28.3 Å². The number of halogens is 2. The molecule has 0 spiro atoms. The SMILES string of the molecule is CC(C)(C)n1cc(C(=O)O)c(=O)c2cc(F)c(N3CCC(NC(=N)NC(=N)NCCCCCCNC(=N)NC(=N)NC4CCN(c5nc6c(cc5F)c(=O)c(C(=O)O)cn6C(C)(C)C)C4)C3)nc21. The van der Waals surface area contributed by atoms with E-state index in [1.54, 1.807) is 18.9 Å². The van der Waals surface area contributed by atoms with Gasteiger partial charge in [0.15, 0.2) is 47.1 Å². The average molecular weight is 947 g/mol. The molecule has 4 aromatic rings. The van der Waals surface area contributed by atoms with Crippen molar-refractivity contribution < 1.29 is 28.6 Å². The summed E-state index contributed by atoms with van der Waals surface area (Å²) in [6, 6.07) is 1.53. The molecule has 2 fully saturated rings. The largest absolute Gasteiger partial charge is 0.477 e. The molecular formula is C44H60F2N16O6. The molecule has 2 saturated heterocycles. The predicted octanol–water partition coefficient (Wildman–Crippen LogP) is 2.99. The Morgan fingerprint density at radius 2 is 1.01 bits per heavy atom. The number of unbranched alkanes of at least 4 members (excludes halogenated alkanes) is 3. The van der Waals surface area contributed by atoms with Crippen LogP contribution in [-0.2, 0) is 11.1 Å². The molecule has 366 valence electrons. The van der Waals surface area contributed by atoms with E-state index in [1.807, 2.05) is 41.5 Å². The zero-order chi connectivity index (χ0) is 49.8. The fourth-order valence-electron chi connectivity index (χ4n) is 8.19. The minimum absolute atomic E-state index is 0.0147. The molecule has 6 heterocycles. The molecule has 0 saturated carbocycles. The summed E-state index contributed by atoms with van der Waals surface area (Å²) in [6.07, 6.45) is 6.72. The monoisotopic (exact) mass is 946 g/mol. The molecule has 6 rings (SSSR count). The van der Waals surface area contributed by atoms with E-state index in [9.17, 15) is 29.4 Å². The number of carboxylic acid groups (broad SMARTS) is 2. The molecule has 0 bridgehead atoms. The first-order valence-electron chi connectivity index (χ1n) is 22.3. The van der Waals surface area contributed by atoms with E-state index >= 15 is 8.78 Å². The van der Waals surface area contributed by atoms with Crippen LogP contribution in [0, 0.1) is 33.3 Å². The predicted molar refractivity (Wildman–Crippen MR) is 255 cm³/mol. The maximum Gasteiger partial charge on any atom is 0.341 e. The Bertz CT molecular complexity index is 2590. The van der Waals surface area contributed by atoms with Crippen LogP contribution in [0.5, 0.6) is 0 Å². The molecule has 12 N–H and O–H groups in total. The number of anilines is 2. The summed E-state index contributed by atoms with van der Waals surface area (Å²) in [6.45, 7) is 13.3. The third-order valence-electron chi connectivity index (χ3n) is 11.6. The number of guanidine groups is 4. The van der Waals surface area contributed by atoms with Crippen molar-refractivity contribution in [3.63, 3.8) is 0 Å². The first kappa shape index (κ1) is 50.0. The molecule has 2 aliphatic rings. The van der Waals surface area contributed by atoms with E-state index in [0.29, 0.717) is 52.1 Å². The number of aromatic carboxylic acids is 2. The summed E-state index contributed by atoms with van der Waals surface area (Å²) in [7, 11) is 0. The molecule has 2 unspecified atom stereocenters. The Labute approximate surface area is 389 Å². The molecule has 24 heteroatoms. The summed E-state index contributed by atoms with van der Waals surface area (Å²) in [5.41, 5.74) is -3.57. The van der Waals surface area contributed by atoms with Crippen LogP contribution in [-0.4, -0.2) is 116 Å². The van der Waals surface area contributed by atoms with Crippen LogP contribution in [0.2, 0.25) is 0 Å². The van der Waals surface area contributed by atoms with Crippen LogP contribution >= 0.6 is 0 Å². The molecule has 0 radical (unpaired) electrons. The second kappa shape index (κ2) is 20.2. The highest BCUT2D eigenvalue weighted by atomic mass is 19.1. The zero-order valence-electron chi connectivity index (χ0n) is 38.9. The van der Waals surface area contributed by atoms with Gasteiger partial charge in [0.25, 0.3) is 0 Å². The van der Waals surface area contributed by atoms with Gasteiger partial charge in [-0.15, -0.1) is 0 Å². The van der Waals surface area contributed by atoms with Crippen molar-refractivity contribution in [2.24, 2.45) is 0 Å². The highest BCUT2D eigenvalue weighted by Crippen LogP contribution is 2.29. The van der Waals surface area contributed by atoms with Crippen molar-refractivity contribution in [3.05, 3.63) is 67.7 Å². The van der Waals surface area contributed by atoms with Gasteiger partial charge in [-0.2, -0.15) is 0 Å². The first-order valence-corrected chi connectivity index (χ1v) is 22.3. The van der Waals surface area contributed by atoms with Crippen molar-refractivity contribution in [3.8, 4) is 0 Å². The Hall–Kier alpha value is -7.40. The fourth-order valence-corrected chi connectivity index (χ4v) is 8.19. The van der Waals surface area contributed by atoms with E-state index in [0.717, 1.165) is 37.8 Å². The van der Waals surface area contributed by atoms with E-state index in [-0.39, 0.29) is 69.6 Å². The van der Waals surface area contributed by atoms with Gasteiger partial charge in [0.05, 0.1) is 10.8 Å². The third-order valence-corrected chi connectivity index (χ3v) is 11.6. The molecule has 0 amide bonds. The number of pyridine rings is 4. The maximum atomic E-state index is 15.4. The highest BCUT2D eigenvalue weighted by Gasteiger charge is 2.31. The Morgan fingerprint density at radius 3 is 1.35 bits per heavy atom. The molecule has 2 aliphatic heterocycles. The molecule has 4 aromatic heterocycles. The Balaban J connectivity index is 0.856. The number of hydrogen-bond acceptors (Lipinski definition) is 12. The molecule has 2 atom stereocenters. The first-order chi connectivity index (χ1) is 31.9. The lowest BCUT2D eigenvalue weighted by molar-refractivity contribution is 0.0683. The summed E-state index contributed by atoms with van der Waals surface area (Å²) < 4.78 is 33.9. The summed E-state index contributed by atoms with van der Waals surface area (Å²) in [5.74, 6) is -4.66. The van der Waals surface area contributed by atoms with Crippen LogP contribution in [0.25, 0.3) is 22.1 Å². The van der Waals surface area contributed by atoms with Gasteiger partial charge in [-0.05, 0) is 79.4 Å². The Morgan fingerprint density at radius 1 is 0.647 bits per heavy atom. The van der Waals surface area contributed by atoms with Crippen LogP contribution in [0.15, 0.2) is 34.1 Å². The average Bonchev–Trinajstić information content (AvgIpc) is 3.90. The van der Waals surface area contributed by atoms with Gasteiger partial charge in [0.2, 0.25) is 10.9 Å². The standard InChI is InChI=1S/C44H60F2N16O6/c1-43(2,3)61-21-27(37(65)66)31(63)25-17-29(45)35(55-33(25)61)59-15-11-23(19-59)53-41(49)57-39(47)51-13-9-7-8-10-14-52-40(48)58-42(50)54-24-12-16-60(20-24)36-30(46)18-26-32(64)28(38(67)68)22-62(34(26)56-36)44(4,5)6/h17-18,21-24H,7-16,19-20H2,1-6H3,(H,65,66)(H,67,68)(H5,47,49,51,53,57)(H5,48,50,52,54,58).